The van der Waals surface area contributed by atoms with Crippen LogP contribution in [0.15, 0.2) is 0 Å². The second-order valence-electron chi connectivity index (χ2n) is 7.49. The maximum atomic E-state index is 10.5. The summed E-state index contributed by atoms with van der Waals surface area (Å²) in [5, 5.41) is 10.5. The predicted octanol–water partition coefficient (Wildman–Crippen LogP) is 1.12. The fourth-order valence-electron chi connectivity index (χ4n) is 3.91. The summed E-state index contributed by atoms with van der Waals surface area (Å²) in [4.78, 5) is 7.43. The molecule has 0 aromatic rings. The highest BCUT2D eigenvalue weighted by molar-refractivity contribution is 4.83. The molecule has 0 amide bonds. The van der Waals surface area contributed by atoms with Gasteiger partial charge in [0.15, 0.2) is 0 Å². The van der Waals surface area contributed by atoms with Crippen molar-refractivity contribution in [3.8, 4) is 0 Å². The zero-order chi connectivity index (χ0) is 16.7. The van der Waals surface area contributed by atoms with Crippen LogP contribution in [-0.4, -0.2) is 98.0 Å². The van der Waals surface area contributed by atoms with Gasteiger partial charge in [-0.25, -0.2) is 0 Å². The van der Waals surface area contributed by atoms with Gasteiger partial charge in [-0.1, -0.05) is 13.8 Å². The van der Waals surface area contributed by atoms with Crippen LogP contribution in [0, 0.1) is 5.92 Å². The van der Waals surface area contributed by atoms with E-state index in [0.717, 1.165) is 64.9 Å². The van der Waals surface area contributed by atoms with Gasteiger partial charge in [0.2, 0.25) is 0 Å². The van der Waals surface area contributed by atoms with Crippen LogP contribution in [0.25, 0.3) is 0 Å². The molecule has 5 nitrogen and oxygen atoms in total. The molecule has 2 aliphatic rings. The lowest BCUT2D eigenvalue weighted by Crippen LogP contribution is -2.55. The van der Waals surface area contributed by atoms with Crippen LogP contribution >= 0.6 is 0 Å². The molecule has 23 heavy (non-hydrogen) atoms. The Kier molecular flexibility index (Phi) is 8.27. The normalized spacial score (nSPS) is 27.4. The number of β-amino-alcohol motifs (C(OH)–C–C–N with tert-alkyl or cyclic N) is 1. The summed E-state index contributed by atoms with van der Waals surface area (Å²) in [5.41, 5.74) is 0. The van der Waals surface area contributed by atoms with Gasteiger partial charge in [0.05, 0.1) is 12.7 Å². The maximum Gasteiger partial charge on any atom is 0.0793 e. The summed E-state index contributed by atoms with van der Waals surface area (Å²) in [6.45, 7) is 13.6. The molecule has 5 heteroatoms. The standard InChI is InChI=1S/C18H37N3O2/c1-4-17-13-20(9-10-21(17)11-12-23-3)15-18(22)14-19-7-5-16(2)6-8-19/h16-18,22H,4-15H2,1-3H3/t17-,18+/m1/s1. The lowest BCUT2D eigenvalue weighted by Gasteiger charge is -2.42. The summed E-state index contributed by atoms with van der Waals surface area (Å²) in [6, 6.07) is 0.599. The summed E-state index contributed by atoms with van der Waals surface area (Å²) in [7, 11) is 1.77. The van der Waals surface area contributed by atoms with Crippen LogP contribution in [-0.2, 0) is 4.74 Å². The molecule has 2 fully saturated rings. The van der Waals surface area contributed by atoms with Gasteiger partial charge in [-0.05, 0) is 38.3 Å². The zero-order valence-corrected chi connectivity index (χ0v) is 15.4. The Morgan fingerprint density at radius 3 is 2.43 bits per heavy atom. The van der Waals surface area contributed by atoms with Crippen molar-refractivity contribution in [2.45, 2.75) is 45.3 Å². The van der Waals surface area contributed by atoms with Crippen LogP contribution < -0.4 is 0 Å². The highest BCUT2D eigenvalue weighted by Gasteiger charge is 2.27. The van der Waals surface area contributed by atoms with Gasteiger partial charge >= 0.3 is 0 Å². The summed E-state index contributed by atoms with van der Waals surface area (Å²) >= 11 is 0. The molecule has 0 aliphatic carbocycles. The molecule has 0 radical (unpaired) electrons. The van der Waals surface area contributed by atoms with Gasteiger partial charge in [-0.3, -0.25) is 9.80 Å². The zero-order valence-electron chi connectivity index (χ0n) is 15.4. The highest BCUT2D eigenvalue weighted by Crippen LogP contribution is 2.17. The van der Waals surface area contributed by atoms with E-state index in [2.05, 4.69) is 28.5 Å². The molecule has 2 saturated heterocycles. The Balaban J connectivity index is 1.70. The molecule has 0 aromatic heterocycles. The molecule has 0 spiro atoms. The molecule has 2 atom stereocenters. The molecular weight excluding hydrogens is 290 g/mol. The molecule has 2 heterocycles. The van der Waals surface area contributed by atoms with E-state index in [1.54, 1.807) is 7.11 Å². The van der Waals surface area contributed by atoms with Crippen molar-refractivity contribution in [3.05, 3.63) is 0 Å². The number of piperidine rings is 1. The van der Waals surface area contributed by atoms with E-state index in [1.807, 2.05) is 0 Å². The Morgan fingerprint density at radius 1 is 1.09 bits per heavy atom. The van der Waals surface area contributed by atoms with Gasteiger partial charge in [0.1, 0.15) is 0 Å². The third kappa shape index (κ3) is 6.31. The maximum absolute atomic E-state index is 10.5. The quantitative estimate of drug-likeness (QED) is 0.723. The van der Waals surface area contributed by atoms with Crippen molar-refractivity contribution in [1.29, 1.82) is 0 Å². The third-order valence-corrected chi connectivity index (χ3v) is 5.56. The number of aliphatic hydroxyl groups is 1. The fraction of sp³-hybridized carbons (Fsp3) is 1.00. The highest BCUT2D eigenvalue weighted by atomic mass is 16.5. The van der Waals surface area contributed by atoms with Crippen molar-refractivity contribution < 1.29 is 9.84 Å². The van der Waals surface area contributed by atoms with Gasteiger partial charge in [0, 0.05) is 52.4 Å². The number of nitrogens with zero attached hydrogens (tertiary/aromatic N) is 3. The number of piperazine rings is 1. The van der Waals surface area contributed by atoms with Crippen LogP contribution in [0.2, 0.25) is 0 Å². The summed E-state index contributed by atoms with van der Waals surface area (Å²) in [5.74, 6) is 0.855. The van der Waals surface area contributed by atoms with Crippen molar-refractivity contribution in [2.24, 2.45) is 5.92 Å². The average Bonchev–Trinajstić information content (AvgIpc) is 2.55. The first-order valence-corrected chi connectivity index (χ1v) is 9.48. The van der Waals surface area contributed by atoms with Crippen molar-refractivity contribution in [2.75, 3.05) is 66.1 Å². The Bertz CT molecular complexity index is 321. The van der Waals surface area contributed by atoms with E-state index in [9.17, 15) is 5.11 Å². The average molecular weight is 328 g/mol. The first kappa shape index (κ1) is 19.1. The molecule has 2 aliphatic heterocycles. The van der Waals surface area contributed by atoms with Crippen LogP contribution in [0.3, 0.4) is 0 Å². The van der Waals surface area contributed by atoms with Crippen molar-refractivity contribution in [1.82, 2.24) is 14.7 Å². The van der Waals surface area contributed by atoms with Gasteiger partial charge < -0.3 is 14.7 Å². The number of ether oxygens (including phenoxy) is 1. The first-order chi connectivity index (χ1) is 11.1. The van der Waals surface area contributed by atoms with Crippen molar-refractivity contribution in [3.63, 3.8) is 0 Å². The lowest BCUT2D eigenvalue weighted by molar-refractivity contribution is 0.0142. The Hall–Kier alpha value is -0.200. The summed E-state index contributed by atoms with van der Waals surface area (Å²) < 4.78 is 5.22. The molecule has 0 bridgehead atoms. The van der Waals surface area contributed by atoms with Gasteiger partial charge in [-0.15, -0.1) is 0 Å². The van der Waals surface area contributed by atoms with Crippen LogP contribution in [0.4, 0.5) is 0 Å². The molecule has 0 unspecified atom stereocenters. The molecule has 0 aromatic carbocycles. The number of likely N-dealkylation sites (tertiary alicyclic amines) is 1. The van der Waals surface area contributed by atoms with Crippen molar-refractivity contribution >= 4 is 0 Å². The SMILES string of the molecule is CC[C@@H]1CN(C[C@@H](O)CN2CCC(C)CC2)CCN1CCOC. The molecule has 1 N–H and O–H groups in total. The topological polar surface area (TPSA) is 39.2 Å². The van der Waals surface area contributed by atoms with E-state index in [1.165, 1.54) is 19.3 Å². The van der Waals surface area contributed by atoms with Crippen LogP contribution in [0.5, 0.6) is 0 Å². The van der Waals surface area contributed by atoms with Gasteiger partial charge in [-0.2, -0.15) is 0 Å². The minimum absolute atomic E-state index is 0.216. The van der Waals surface area contributed by atoms with E-state index >= 15 is 0 Å². The smallest absolute Gasteiger partial charge is 0.0793 e. The largest absolute Gasteiger partial charge is 0.390 e. The minimum Gasteiger partial charge on any atom is -0.390 e. The number of hydrogen-bond acceptors (Lipinski definition) is 5. The first-order valence-electron chi connectivity index (χ1n) is 9.48. The van der Waals surface area contributed by atoms with Crippen LogP contribution in [0.1, 0.15) is 33.1 Å². The minimum atomic E-state index is -0.216. The number of aliphatic hydroxyl groups excluding tert-OH is 1. The Morgan fingerprint density at radius 2 is 1.78 bits per heavy atom. The molecular formula is C18H37N3O2. The second-order valence-corrected chi connectivity index (χ2v) is 7.49. The van der Waals surface area contributed by atoms with E-state index in [-0.39, 0.29) is 6.10 Å². The number of rotatable bonds is 8. The molecule has 2 rings (SSSR count). The Labute approximate surface area is 142 Å². The van der Waals surface area contributed by atoms with E-state index in [0.29, 0.717) is 6.04 Å². The third-order valence-electron chi connectivity index (χ3n) is 5.56. The van der Waals surface area contributed by atoms with E-state index < -0.39 is 0 Å². The molecule has 0 saturated carbocycles. The lowest BCUT2D eigenvalue weighted by atomic mass is 9.99. The number of methoxy groups -OCH3 is 1. The van der Waals surface area contributed by atoms with E-state index in [4.69, 9.17) is 4.74 Å². The monoisotopic (exact) mass is 327 g/mol. The molecule has 136 valence electrons. The number of hydrogen-bond donors (Lipinski definition) is 1. The fourth-order valence-corrected chi connectivity index (χ4v) is 3.91. The van der Waals surface area contributed by atoms with Gasteiger partial charge in [0.25, 0.3) is 0 Å². The second kappa shape index (κ2) is 9.94. The predicted molar refractivity (Wildman–Crippen MR) is 94.8 cm³/mol. The summed E-state index contributed by atoms with van der Waals surface area (Å²) in [6.07, 6.45) is 3.51.